The molecule has 33 heavy (non-hydrogen) atoms. The number of rotatable bonds is 5. The number of ether oxygens (including phenoxy) is 2. The Morgan fingerprint density at radius 2 is 1.58 bits per heavy atom. The molecule has 4 nitrogen and oxygen atoms in total. The van der Waals surface area contributed by atoms with Gasteiger partial charge in [0.25, 0.3) is 0 Å². The molecule has 0 radical (unpaired) electrons. The van der Waals surface area contributed by atoms with Crippen molar-refractivity contribution in [3.63, 3.8) is 0 Å². The highest BCUT2D eigenvalue weighted by molar-refractivity contribution is 6.32. The average molecular weight is 463 g/mol. The largest absolute Gasteiger partial charge is 0.489 e. The maximum atomic E-state index is 12.9. The predicted molar refractivity (Wildman–Crippen MR) is 133 cm³/mol. The Balaban J connectivity index is 1.51. The molecule has 1 aromatic heterocycles. The van der Waals surface area contributed by atoms with Gasteiger partial charge < -0.3 is 13.9 Å². The van der Waals surface area contributed by atoms with Gasteiger partial charge in [-0.15, -0.1) is 0 Å². The number of halogens is 1. The summed E-state index contributed by atoms with van der Waals surface area (Å²) in [6, 6.07) is 17.2. The summed E-state index contributed by atoms with van der Waals surface area (Å²) in [5.74, 6) is 1.29. The molecule has 4 aromatic rings. The molecule has 0 bridgehead atoms. The van der Waals surface area contributed by atoms with Crippen LogP contribution in [0, 0.1) is 13.8 Å². The molecule has 0 aliphatic heterocycles. The van der Waals surface area contributed by atoms with Crippen LogP contribution in [0.5, 0.6) is 17.2 Å². The van der Waals surface area contributed by atoms with Gasteiger partial charge in [-0.05, 0) is 65.8 Å². The van der Waals surface area contributed by atoms with Gasteiger partial charge in [0.1, 0.15) is 30.0 Å². The standard InChI is InChI=1S/C28H27ClO4/c1-17-12-22(13-18(2)26(17)29)33-25-16-32-24-14-21(10-11-23(24)27(25)30)31-15-19-6-8-20(9-7-19)28(3,4)5/h6-14,16H,15H2,1-5H3. The molecular weight excluding hydrogens is 436 g/mol. The summed E-state index contributed by atoms with van der Waals surface area (Å²) in [5.41, 5.74) is 4.42. The smallest absolute Gasteiger partial charge is 0.235 e. The fourth-order valence-electron chi connectivity index (χ4n) is 3.61. The molecule has 0 amide bonds. The number of fused-ring (bicyclic) bond motifs is 1. The lowest BCUT2D eigenvalue weighted by atomic mass is 9.87. The first-order valence-corrected chi connectivity index (χ1v) is 11.2. The van der Waals surface area contributed by atoms with Crippen molar-refractivity contribution in [3.8, 4) is 17.2 Å². The number of hydrogen-bond donors (Lipinski definition) is 0. The molecule has 5 heteroatoms. The minimum absolute atomic E-state index is 0.114. The quantitative estimate of drug-likeness (QED) is 0.304. The summed E-state index contributed by atoms with van der Waals surface area (Å²) in [6.07, 6.45) is 1.33. The van der Waals surface area contributed by atoms with Crippen molar-refractivity contribution in [2.75, 3.05) is 0 Å². The molecule has 1 heterocycles. The molecule has 0 atom stereocenters. The summed E-state index contributed by atoms with van der Waals surface area (Å²) >= 11 is 6.22. The topological polar surface area (TPSA) is 48.7 Å². The van der Waals surface area contributed by atoms with E-state index in [1.54, 1.807) is 30.3 Å². The SMILES string of the molecule is Cc1cc(Oc2coc3cc(OCc4ccc(C(C)(C)C)cc4)ccc3c2=O)cc(C)c1Cl. The third kappa shape index (κ3) is 5.07. The van der Waals surface area contributed by atoms with Crippen molar-refractivity contribution in [1.29, 1.82) is 0 Å². The monoisotopic (exact) mass is 462 g/mol. The third-order valence-electron chi connectivity index (χ3n) is 5.58. The molecule has 0 saturated heterocycles. The molecule has 0 saturated carbocycles. The first kappa shape index (κ1) is 22.9. The van der Waals surface area contributed by atoms with Crippen LogP contribution in [0.15, 0.2) is 70.1 Å². The second-order valence-electron chi connectivity index (χ2n) is 9.30. The summed E-state index contributed by atoms with van der Waals surface area (Å²) in [6.45, 7) is 10.8. The highest BCUT2D eigenvalue weighted by atomic mass is 35.5. The molecule has 4 rings (SSSR count). The van der Waals surface area contributed by atoms with Gasteiger partial charge >= 0.3 is 0 Å². The first-order chi connectivity index (χ1) is 15.6. The van der Waals surface area contributed by atoms with Crippen LogP contribution in [0.2, 0.25) is 5.02 Å². The van der Waals surface area contributed by atoms with E-state index >= 15 is 0 Å². The predicted octanol–water partition coefficient (Wildman–Crippen LogP) is 7.73. The van der Waals surface area contributed by atoms with Gasteiger partial charge in [0.15, 0.2) is 0 Å². The van der Waals surface area contributed by atoms with Gasteiger partial charge in [0, 0.05) is 11.1 Å². The van der Waals surface area contributed by atoms with E-state index in [9.17, 15) is 4.79 Å². The number of hydrogen-bond acceptors (Lipinski definition) is 4. The molecule has 0 spiro atoms. The van der Waals surface area contributed by atoms with E-state index in [2.05, 4.69) is 45.0 Å². The van der Waals surface area contributed by atoms with E-state index < -0.39 is 0 Å². The molecule has 0 unspecified atom stereocenters. The summed E-state index contributed by atoms with van der Waals surface area (Å²) < 4.78 is 17.4. The fraction of sp³-hybridized carbons (Fsp3) is 0.250. The zero-order valence-corrected chi connectivity index (χ0v) is 20.2. The summed E-state index contributed by atoms with van der Waals surface area (Å²) in [5, 5.41) is 1.11. The lowest BCUT2D eigenvalue weighted by Crippen LogP contribution is -2.10. The Bertz CT molecular complexity index is 1340. The highest BCUT2D eigenvalue weighted by Crippen LogP contribution is 2.29. The van der Waals surface area contributed by atoms with Crippen LogP contribution in [-0.2, 0) is 12.0 Å². The van der Waals surface area contributed by atoms with Crippen molar-refractivity contribution in [2.24, 2.45) is 0 Å². The Kier molecular flexibility index (Phi) is 6.22. The van der Waals surface area contributed by atoms with Crippen molar-refractivity contribution < 1.29 is 13.9 Å². The average Bonchev–Trinajstić information content (AvgIpc) is 2.77. The molecule has 0 aliphatic carbocycles. The van der Waals surface area contributed by atoms with E-state index in [-0.39, 0.29) is 16.6 Å². The maximum absolute atomic E-state index is 12.9. The van der Waals surface area contributed by atoms with E-state index in [1.807, 2.05) is 13.8 Å². The van der Waals surface area contributed by atoms with Crippen LogP contribution in [0.1, 0.15) is 43.0 Å². The first-order valence-electron chi connectivity index (χ1n) is 10.8. The molecule has 0 N–H and O–H groups in total. The van der Waals surface area contributed by atoms with Crippen LogP contribution in [0.4, 0.5) is 0 Å². The van der Waals surface area contributed by atoms with Gasteiger partial charge in [-0.3, -0.25) is 4.79 Å². The van der Waals surface area contributed by atoms with Crippen molar-refractivity contribution in [2.45, 2.75) is 46.6 Å². The Labute approximate surface area is 198 Å². The fourth-order valence-corrected chi connectivity index (χ4v) is 3.72. The van der Waals surface area contributed by atoms with Gasteiger partial charge in [-0.2, -0.15) is 0 Å². The zero-order valence-electron chi connectivity index (χ0n) is 19.5. The van der Waals surface area contributed by atoms with Crippen molar-refractivity contribution in [1.82, 2.24) is 0 Å². The van der Waals surface area contributed by atoms with Crippen LogP contribution < -0.4 is 14.9 Å². The molecular formula is C28H27ClO4. The molecule has 170 valence electrons. The van der Waals surface area contributed by atoms with Crippen LogP contribution in [-0.4, -0.2) is 0 Å². The maximum Gasteiger partial charge on any atom is 0.235 e. The van der Waals surface area contributed by atoms with Gasteiger partial charge in [0.05, 0.1) is 5.39 Å². The lowest BCUT2D eigenvalue weighted by molar-refractivity contribution is 0.306. The third-order valence-corrected chi connectivity index (χ3v) is 6.17. The van der Waals surface area contributed by atoms with Crippen molar-refractivity contribution >= 4 is 22.6 Å². The van der Waals surface area contributed by atoms with Crippen LogP contribution in [0.3, 0.4) is 0 Å². The van der Waals surface area contributed by atoms with E-state index in [1.165, 1.54) is 11.8 Å². The van der Waals surface area contributed by atoms with E-state index in [0.29, 0.717) is 34.1 Å². The van der Waals surface area contributed by atoms with E-state index in [0.717, 1.165) is 16.7 Å². The minimum atomic E-state index is -0.245. The molecule has 0 fully saturated rings. The van der Waals surface area contributed by atoms with Gasteiger partial charge in [-0.1, -0.05) is 56.6 Å². The normalized spacial score (nSPS) is 11.6. The van der Waals surface area contributed by atoms with Crippen LogP contribution >= 0.6 is 11.6 Å². The number of aryl methyl sites for hydroxylation is 2. The van der Waals surface area contributed by atoms with Crippen molar-refractivity contribution in [3.05, 3.63) is 98.4 Å². The molecule has 3 aromatic carbocycles. The minimum Gasteiger partial charge on any atom is -0.489 e. The molecule has 0 aliphatic rings. The zero-order chi connectivity index (χ0) is 23.8. The Morgan fingerprint density at radius 1 is 0.909 bits per heavy atom. The van der Waals surface area contributed by atoms with Gasteiger partial charge in [0.2, 0.25) is 11.2 Å². The van der Waals surface area contributed by atoms with E-state index in [4.69, 9.17) is 25.5 Å². The Hall–Kier alpha value is -3.24. The highest BCUT2D eigenvalue weighted by Gasteiger charge is 2.14. The van der Waals surface area contributed by atoms with Crippen LogP contribution in [0.25, 0.3) is 11.0 Å². The lowest BCUT2D eigenvalue weighted by Gasteiger charge is -2.19. The van der Waals surface area contributed by atoms with Gasteiger partial charge in [-0.25, -0.2) is 0 Å². The number of benzene rings is 3. The Morgan fingerprint density at radius 3 is 2.21 bits per heavy atom. The second kappa shape index (κ2) is 8.95. The second-order valence-corrected chi connectivity index (χ2v) is 9.67. The summed E-state index contributed by atoms with van der Waals surface area (Å²) in [4.78, 5) is 12.9. The summed E-state index contributed by atoms with van der Waals surface area (Å²) in [7, 11) is 0.